The van der Waals surface area contributed by atoms with E-state index in [1.54, 1.807) is 0 Å². The third-order valence-electron chi connectivity index (χ3n) is 0. The molecule has 0 rings (SSSR count). The first-order chi connectivity index (χ1) is 6.93. The maximum atomic E-state index is 3.64. The minimum atomic E-state index is 0. The van der Waals surface area contributed by atoms with Gasteiger partial charge in [0.2, 0.25) is 0 Å². The summed E-state index contributed by atoms with van der Waals surface area (Å²) in [5.74, 6) is 0. The first-order valence-corrected chi connectivity index (χ1v) is 6.25. The molecule has 0 aliphatic heterocycles. The van der Waals surface area contributed by atoms with Gasteiger partial charge in [-0.05, 0) is 55.4 Å². The first-order valence-electron chi connectivity index (χ1n) is 6.25. The van der Waals surface area contributed by atoms with Crippen molar-refractivity contribution in [1.82, 2.24) is 0 Å². The van der Waals surface area contributed by atoms with E-state index in [1.165, 1.54) is 0 Å². The molecule has 0 aromatic carbocycles. The Morgan fingerprint density at radius 1 is 0.381 bits per heavy atom. The van der Waals surface area contributed by atoms with Crippen molar-refractivity contribution in [3.63, 3.8) is 0 Å². The minimum Gasteiger partial charge on any atom is -0.870 e. The summed E-state index contributed by atoms with van der Waals surface area (Å²) < 4.78 is 0. The molecule has 0 saturated carbocycles. The zero-order valence-electron chi connectivity index (χ0n) is 15.4. The van der Waals surface area contributed by atoms with Crippen LogP contribution in [0.1, 0.15) is 55.4 Å². The van der Waals surface area contributed by atoms with Crippen LogP contribution in [0.5, 0.6) is 0 Å². The molecule has 0 aliphatic rings. The molecule has 140 valence electrons. The molecule has 0 atom stereocenters. The molecule has 0 aromatic heterocycles. The van der Waals surface area contributed by atoms with Crippen molar-refractivity contribution in [3.05, 3.63) is 0 Å². The maximum Gasteiger partial charge on any atom is 0.0786 e. The molecular weight excluding hydrogens is 312 g/mol. The Hall–Kier alpha value is 0.394. The monoisotopic (exact) mass is 356 g/mol. The largest absolute Gasteiger partial charge is 0.870 e. The van der Waals surface area contributed by atoms with E-state index in [4.69, 9.17) is 0 Å². The summed E-state index contributed by atoms with van der Waals surface area (Å²) in [6.45, 7) is 16.4. The summed E-state index contributed by atoms with van der Waals surface area (Å²) in [5.41, 5.74) is 14.6. The molecule has 0 unspecified atom stereocenters. The molecule has 0 aliphatic carbocycles. The Labute approximate surface area is 146 Å². The van der Waals surface area contributed by atoms with Crippen LogP contribution in [0.2, 0.25) is 0 Å². The van der Waals surface area contributed by atoms with Crippen LogP contribution in [0.25, 0.3) is 0 Å². The topological polar surface area (TPSA) is 231 Å². The summed E-state index contributed by atoms with van der Waals surface area (Å²) in [6, 6.07) is 2.33. The summed E-state index contributed by atoms with van der Waals surface area (Å²) in [6.07, 6.45) is 0. The van der Waals surface area contributed by atoms with E-state index in [0.717, 1.165) is 0 Å². The summed E-state index contributed by atoms with van der Waals surface area (Å²) >= 11 is 0. The van der Waals surface area contributed by atoms with E-state index in [9.17, 15) is 0 Å². The fourth-order valence-electron chi connectivity index (χ4n) is 0. The van der Waals surface area contributed by atoms with Crippen molar-refractivity contribution >= 4 is 0 Å². The van der Waals surface area contributed by atoms with Crippen LogP contribution in [0.4, 0.5) is 0 Å². The average Bonchev–Trinajstić information content (AvgIpc) is 1.76. The van der Waals surface area contributed by atoms with Gasteiger partial charge in [0.15, 0.2) is 0 Å². The van der Waals surface area contributed by atoms with Crippen LogP contribution < -0.4 is 22.9 Å². The van der Waals surface area contributed by atoms with Crippen molar-refractivity contribution in [2.24, 2.45) is 0 Å². The molecule has 0 heterocycles. The molecule has 0 amide bonds. The second-order valence-corrected chi connectivity index (χ2v) is 5.58. The predicted molar refractivity (Wildman–Crippen MR) is 79.8 cm³/mol. The van der Waals surface area contributed by atoms with Crippen LogP contribution in [-0.2, 0) is 21.7 Å². The molecule has 9 heteroatoms. The fraction of sp³-hybridized carbons (Fsp3) is 1.00. The Morgan fingerprint density at radius 2 is 0.381 bits per heavy atom. The van der Waals surface area contributed by atoms with Gasteiger partial charge in [-0.25, -0.2) is 0 Å². The summed E-state index contributed by atoms with van der Waals surface area (Å²) in [7, 11) is 0. The van der Waals surface area contributed by atoms with Gasteiger partial charge in [-0.2, -0.15) is 0 Å². The maximum absolute atomic E-state index is 3.64. The van der Waals surface area contributed by atoms with Crippen LogP contribution in [0, 0.1) is 0 Å². The van der Waals surface area contributed by atoms with Crippen LogP contribution >= 0.6 is 0 Å². The molecule has 0 bridgehead atoms. The van der Waals surface area contributed by atoms with Gasteiger partial charge in [0.05, 0.1) is 24.2 Å². The Balaban J connectivity index is -0.0000000121. The zero-order valence-corrected chi connectivity index (χ0v) is 17.0. The average molecular weight is 356 g/mol. The number of hydrogen-bond acceptors (Lipinski definition) is 4. The number of quaternary nitrogens is 4. The van der Waals surface area contributed by atoms with Crippen molar-refractivity contribution in [1.29, 1.82) is 0 Å². The van der Waals surface area contributed by atoms with Gasteiger partial charge in [-0.15, -0.1) is 0 Å². The summed E-state index contributed by atoms with van der Waals surface area (Å²) in [5, 5.41) is 0. The minimum absolute atomic E-state index is 0. The third kappa shape index (κ3) is 44400. The van der Waals surface area contributed by atoms with Crippen LogP contribution in [0.15, 0.2) is 0 Å². The number of hydrogen-bond donors (Lipinski definition) is 4. The number of rotatable bonds is 0. The molecule has 16 N–H and O–H groups in total. The van der Waals surface area contributed by atoms with Crippen LogP contribution in [-0.4, -0.2) is 46.1 Å². The van der Waals surface area contributed by atoms with Crippen molar-refractivity contribution in [2.75, 3.05) is 0 Å². The Kier molecular flexibility index (Phi) is 138. The summed E-state index contributed by atoms with van der Waals surface area (Å²) in [4.78, 5) is 0. The standard InChI is InChI=1S/4C3H9N.4H2O.Ti/c4*1-3(2)4;;;;;/h4*3H,4H2,1-2H3;4*1H2;. The molecule has 0 saturated heterocycles. The van der Waals surface area contributed by atoms with Gasteiger partial charge < -0.3 is 44.8 Å². The molecule has 0 aromatic rings. The van der Waals surface area contributed by atoms with E-state index in [-0.39, 0.29) is 43.6 Å². The van der Waals surface area contributed by atoms with Crippen molar-refractivity contribution in [2.45, 2.75) is 79.6 Å². The van der Waals surface area contributed by atoms with E-state index in [0.29, 0.717) is 24.2 Å². The molecule has 0 radical (unpaired) electrons. The Morgan fingerprint density at radius 3 is 0.381 bits per heavy atom. The van der Waals surface area contributed by atoms with E-state index < -0.39 is 0 Å². The van der Waals surface area contributed by atoms with Gasteiger partial charge in [0.25, 0.3) is 0 Å². The van der Waals surface area contributed by atoms with E-state index >= 15 is 0 Å². The molecule has 21 heavy (non-hydrogen) atoms. The molecule has 0 fully saturated rings. The quantitative estimate of drug-likeness (QED) is 0.355. The third-order valence-corrected chi connectivity index (χ3v) is 0. The smallest absolute Gasteiger partial charge is 0.0786 e. The van der Waals surface area contributed by atoms with E-state index in [2.05, 4.69) is 78.3 Å². The van der Waals surface area contributed by atoms with Gasteiger partial charge in [0.1, 0.15) is 0 Å². The van der Waals surface area contributed by atoms with Gasteiger partial charge in [-0.1, -0.05) is 0 Å². The Bertz CT molecular complexity index is 76.2. The normalized spacial score (nSPS) is 6.86. The van der Waals surface area contributed by atoms with Gasteiger partial charge in [0, 0.05) is 21.7 Å². The second-order valence-electron chi connectivity index (χ2n) is 5.58. The molecular formula is C12H44N4O4Ti. The van der Waals surface area contributed by atoms with E-state index in [1.807, 2.05) is 0 Å². The van der Waals surface area contributed by atoms with Crippen LogP contribution in [0.3, 0.4) is 0 Å². The van der Waals surface area contributed by atoms with Crippen molar-refractivity contribution in [3.8, 4) is 0 Å². The zero-order chi connectivity index (χ0) is 14.3. The predicted octanol–water partition coefficient (Wildman–Crippen LogP) is -2.16. The first kappa shape index (κ1) is 57.9. The van der Waals surface area contributed by atoms with Gasteiger partial charge >= 0.3 is 0 Å². The van der Waals surface area contributed by atoms with Crippen molar-refractivity contribution < 1.29 is 66.6 Å². The molecule has 8 nitrogen and oxygen atoms in total. The molecule has 0 spiro atoms. The second kappa shape index (κ2) is 49.9. The van der Waals surface area contributed by atoms with Gasteiger partial charge in [-0.3, -0.25) is 0 Å². The SMILES string of the molecule is CC(C)[NH3+].CC(C)[NH3+].CC(C)[NH3+].CC(C)[NH3+].[OH-].[OH-].[OH-].[OH-].[Ti]. The fourth-order valence-corrected chi connectivity index (χ4v) is 0.